The van der Waals surface area contributed by atoms with Gasteiger partial charge in [-0.1, -0.05) is 13.8 Å². The lowest BCUT2D eigenvalue weighted by Gasteiger charge is -2.20. The second-order valence-corrected chi connectivity index (χ2v) is 4.70. The molecule has 0 aromatic rings. The SMILES string of the molecule is CC.CC(CCN(C)C)NC1(C)CC1. The van der Waals surface area contributed by atoms with Gasteiger partial charge in [0.25, 0.3) is 0 Å². The monoisotopic (exact) mass is 200 g/mol. The first-order chi connectivity index (χ1) is 6.52. The molecule has 2 nitrogen and oxygen atoms in total. The molecule has 1 aliphatic rings. The van der Waals surface area contributed by atoms with Crippen LogP contribution in [0.15, 0.2) is 0 Å². The predicted molar refractivity (Wildman–Crippen MR) is 64.8 cm³/mol. The van der Waals surface area contributed by atoms with E-state index in [4.69, 9.17) is 0 Å². The van der Waals surface area contributed by atoms with Gasteiger partial charge in [-0.05, 0) is 53.8 Å². The third-order valence-electron chi connectivity index (χ3n) is 2.60. The zero-order valence-electron chi connectivity index (χ0n) is 10.9. The van der Waals surface area contributed by atoms with Gasteiger partial charge in [-0.25, -0.2) is 0 Å². The molecule has 0 spiro atoms. The van der Waals surface area contributed by atoms with Crippen LogP contribution < -0.4 is 5.32 Å². The van der Waals surface area contributed by atoms with Gasteiger partial charge in [0.2, 0.25) is 0 Å². The molecule has 86 valence electrons. The number of nitrogens with one attached hydrogen (secondary N) is 1. The third kappa shape index (κ3) is 6.39. The highest BCUT2D eigenvalue weighted by Gasteiger charge is 2.37. The van der Waals surface area contributed by atoms with Gasteiger partial charge in [0.05, 0.1) is 0 Å². The van der Waals surface area contributed by atoms with E-state index in [0.29, 0.717) is 11.6 Å². The minimum atomic E-state index is 0.492. The van der Waals surface area contributed by atoms with E-state index in [1.165, 1.54) is 25.8 Å². The molecule has 0 aromatic carbocycles. The summed E-state index contributed by atoms with van der Waals surface area (Å²) in [5.74, 6) is 0. The van der Waals surface area contributed by atoms with Crippen molar-refractivity contribution in [2.45, 2.75) is 58.5 Å². The first kappa shape index (κ1) is 13.9. The highest BCUT2D eigenvalue weighted by Crippen LogP contribution is 2.34. The molecule has 1 N–H and O–H groups in total. The molecule has 0 aromatic heterocycles. The Morgan fingerprint density at radius 2 is 1.79 bits per heavy atom. The van der Waals surface area contributed by atoms with Gasteiger partial charge >= 0.3 is 0 Å². The maximum absolute atomic E-state index is 3.66. The molecule has 0 heterocycles. The molecular weight excluding hydrogens is 172 g/mol. The number of hydrogen-bond acceptors (Lipinski definition) is 2. The first-order valence-corrected chi connectivity index (χ1v) is 5.94. The zero-order chi connectivity index (χ0) is 11.2. The van der Waals surface area contributed by atoms with Crippen LogP contribution >= 0.6 is 0 Å². The van der Waals surface area contributed by atoms with Crippen molar-refractivity contribution in [3.8, 4) is 0 Å². The van der Waals surface area contributed by atoms with E-state index < -0.39 is 0 Å². The highest BCUT2D eigenvalue weighted by atomic mass is 15.1. The Morgan fingerprint density at radius 3 is 2.14 bits per heavy atom. The predicted octanol–water partition coefficient (Wildman–Crippen LogP) is 2.49. The number of rotatable bonds is 5. The van der Waals surface area contributed by atoms with Crippen LogP contribution in [0.25, 0.3) is 0 Å². The Labute approximate surface area is 90.1 Å². The van der Waals surface area contributed by atoms with Gasteiger partial charge in [-0.2, -0.15) is 0 Å². The molecule has 1 aliphatic carbocycles. The van der Waals surface area contributed by atoms with Crippen LogP contribution in [-0.4, -0.2) is 37.1 Å². The van der Waals surface area contributed by atoms with Gasteiger partial charge in [0.1, 0.15) is 0 Å². The van der Waals surface area contributed by atoms with Crippen LogP contribution in [0.2, 0.25) is 0 Å². The van der Waals surface area contributed by atoms with E-state index in [1.807, 2.05) is 13.8 Å². The number of hydrogen-bond donors (Lipinski definition) is 1. The Balaban J connectivity index is 0.000000791. The van der Waals surface area contributed by atoms with Crippen LogP contribution in [-0.2, 0) is 0 Å². The Hall–Kier alpha value is -0.0800. The standard InChI is InChI=1S/C10H22N2.C2H6/c1-9(5-8-12(3)4)11-10(2)6-7-10;1-2/h9,11H,5-8H2,1-4H3;1-2H3. The molecule has 1 rings (SSSR count). The summed E-state index contributed by atoms with van der Waals surface area (Å²) in [7, 11) is 4.26. The van der Waals surface area contributed by atoms with Gasteiger partial charge in [-0.15, -0.1) is 0 Å². The molecule has 0 saturated heterocycles. The van der Waals surface area contributed by atoms with Crippen molar-refractivity contribution in [2.75, 3.05) is 20.6 Å². The molecule has 1 atom stereocenters. The fourth-order valence-corrected chi connectivity index (χ4v) is 1.45. The molecule has 0 bridgehead atoms. The largest absolute Gasteiger partial charge is 0.309 e. The van der Waals surface area contributed by atoms with E-state index >= 15 is 0 Å². The molecule has 14 heavy (non-hydrogen) atoms. The fourth-order valence-electron chi connectivity index (χ4n) is 1.45. The first-order valence-electron chi connectivity index (χ1n) is 5.94. The molecule has 2 heteroatoms. The lowest BCUT2D eigenvalue weighted by Crippen LogP contribution is -2.37. The van der Waals surface area contributed by atoms with Crippen molar-refractivity contribution in [1.82, 2.24) is 10.2 Å². The molecule has 1 unspecified atom stereocenters. The van der Waals surface area contributed by atoms with Gasteiger partial charge in [0, 0.05) is 11.6 Å². The molecule has 1 saturated carbocycles. The van der Waals surface area contributed by atoms with E-state index in [9.17, 15) is 0 Å². The van der Waals surface area contributed by atoms with Crippen LogP contribution in [0, 0.1) is 0 Å². The smallest absolute Gasteiger partial charge is 0.0157 e. The summed E-state index contributed by atoms with van der Waals surface area (Å²) in [4.78, 5) is 2.24. The third-order valence-corrected chi connectivity index (χ3v) is 2.60. The molecule has 0 radical (unpaired) electrons. The number of nitrogens with zero attached hydrogens (tertiary/aromatic N) is 1. The molecular formula is C12H28N2. The minimum absolute atomic E-state index is 0.492. The van der Waals surface area contributed by atoms with Crippen molar-refractivity contribution in [3.05, 3.63) is 0 Å². The summed E-state index contributed by atoms with van der Waals surface area (Å²) >= 11 is 0. The minimum Gasteiger partial charge on any atom is -0.309 e. The van der Waals surface area contributed by atoms with E-state index in [2.05, 4.69) is 38.2 Å². The lowest BCUT2D eigenvalue weighted by molar-refractivity contribution is 0.348. The van der Waals surface area contributed by atoms with Gasteiger partial charge < -0.3 is 10.2 Å². The normalized spacial score (nSPS) is 19.9. The van der Waals surface area contributed by atoms with Crippen LogP contribution in [0.5, 0.6) is 0 Å². The average Bonchev–Trinajstić information content (AvgIpc) is 2.83. The summed E-state index contributed by atoms with van der Waals surface area (Å²) in [5.41, 5.74) is 0.492. The quantitative estimate of drug-likeness (QED) is 0.733. The summed E-state index contributed by atoms with van der Waals surface area (Å²) in [6.07, 6.45) is 3.97. The van der Waals surface area contributed by atoms with Crippen molar-refractivity contribution < 1.29 is 0 Å². The van der Waals surface area contributed by atoms with E-state index in [-0.39, 0.29) is 0 Å². The summed E-state index contributed by atoms with van der Waals surface area (Å²) in [6.45, 7) is 9.79. The maximum Gasteiger partial charge on any atom is 0.0157 e. The molecule has 1 fully saturated rings. The van der Waals surface area contributed by atoms with Crippen LogP contribution in [0.3, 0.4) is 0 Å². The van der Waals surface area contributed by atoms with Gasteiger partial charge in [0.15, 0.2) is 0 Å². The van der Waals surface area contributed by atoms with E-state index in [0.717, 1.165) is 0 Å². The Morgan fingerprint density at radius 1 is 1.29 bits per heavy atom. The zero-order valence-corrected chi connectivity index (χ0v) is 10.9. The Kier molecular flexibility index (Phi) is 6.38. The van der Waals surface area contributed by atoms with Crippen LogP contribution in [0.1, 0.15) is 47.0 Å². The Bertz CT molecular complexity index is 139. The second-order valence-electron chi connectivity index (χ2n) is 4.70. The highest BCUT2D eigenvalue weighted by molar-refractivity contribution is 4.98. The topological polar surface area (TPSA) is 15.3 Å². The van der Waals surface area contributed by atoms with Crippen molar-refractivity contribution >= 4 is 0 Å². The van der Waals surface area contributed by atoms with Crippen molar-refractivity contribution in [2.24, 2.45) is 0 Å². The molecule has 0 aliphatic heterocycles. The average molecular weight is 200 g/mol. The fraction of sp³-hybridized carbons (Fsp3) is 1.00. The summed E-state index contributed by atoms with van der Waals surface area (Å²) in [5, 5.41) is 3.66. The van der Waals surface area contributed by atoms with Crippen molar-refractivity contribution in [3.63, 3.8) is 0 Å². The van der Waals surface area contributed by atoms with Crippen molar-refractivity contribution in [1.29, 1.82) is 0 Å². The van der Waals surface area contributed by atoms with Crippen LogP contribution in [0.4, 0.5) is 0 Å². The molecule has 0 amide bonds. The van der Waals surface area contributed by atoms with E-state index in [1.54, 1.807) is 0 Å². The second kappa shape index (κ2) is 6.41. The lowest BCUT2D eigenvalue weighted by atomic mass is 10.2. The summed E-state index contributed by atoms with van der Waals surface area (Å²) in [6, 6.07) is 0.667. The van der Waals surface area contributed by atoms with Gasteiger partial charge in [-0.3, -0.25) is 0 Å². The maximum atomic E-state index is 3.66. The summed E-state index contributed by atoms with van der Waals surface area (Å²) < 4.78 is 0.